The van der Waals surface area contributed by atoms with E-state index in [1.54, 1.807) is 0 Å². The molecule has 0 saturated carbocycles. The van der Waals surface area contributed by atoms with Gasteiger partial charge in [0.05, 0.1) is 5.60 Å². The van der Waals surface area contributed by atoms with Crippen LogP contribution in [0.25, 0.3) is 0 Å². The standard InChI is InChI=1S/C20H24N2O2/c1-20(2,24)11-9-15-5-7-16(8-6-15)19(23)22-13-10-18-17(14-22)4-3-12-21-18/h3-8,12,24H,9-11,13-14H2,1-2H3. The van der Waals surface area contributed by atoms with Crippen LogP contribution in [-0.2, 0) is 19.4 Å². The van der Waals surface area contributed by atoms with E-state index in [4.69, 9.17) is 0 Å². The molecule has 4 nitrogen and oxygen atoms in total. The minimum atomic E-state index is -0.663. The molecule has 3 rings (SSSR count). The lowest BCUT2D eigenvalue weighted by atomic mass is 9.98. The Labute approximate surface area is 143 Å². The molecule has 2 heterocycles. The average molecular weight is 324 g/mol. The van der Waals surface area contributed by atoms with Gasteiger partial charge in [-0.25, -0.2) is 0 Å². The highest BCUT2D eigenvalue weighted by Crippen LogP contribution is 2.19. The average Bonchev–Trinajstić information content (AvgIpc) is 2.59. The first kappa shape index (κ1) is 16.7. The highest BCUT2D eigenvalue weighted by atomic mass is 16.3. The molecule has 2 aromatic rings. The topological polar surface area (TPSA) is 53.4 Å². The van der Waals surface area contributed by atoms with Crippen molar-refractivity contribution in [2.45, 2.75) is 45.3 Å². The first-order valence-electron chi connectivity index (χ1n) is 8.46. The SMILES string of the molecule is CC(C)(O)CCc1ccc(C(=O)N2CCc3ncccc3C2)cc1. The van der Waals surface area contributed by atoms with Crippen LogP contribution < -0.4 is 0 Å². The molecule has 0 spiro atoms. The fourth-order valence-corrected chi connectivity index (χ4v) is 2.99. The van der Waals surface area contributed by atoms with E-state index in [2.05, 4.69) is 4.98 Å². The van der Waals surface area contributed by atoms with Crippen molar-refractivity contribution in [1.82, 2.24) is 9.88 Å². The third-order valence-electron chi connectivity index (χ3n) is 4.48. The summed E-state index contributed by atoms with van der Waals surface area (Å²) in [6.45, 7) is 4.97. The van der Waals surface area contributed by atoms with Crippen LogP contribution in [0.1, 0.15) is 47.4 Å². The van der Waals surface area contributed by atoms with Gasteiger partial charge in [-0.2, -0.15) is 0 Å². The number of carbonyl (C=O) groups is 1. The van der Waals surface area contributed by atoms with Crippen molar-refractivity contribution >= 4 is 5.91 Å². The van der Waals surface area contributed by atoms with Crippen molar-refractivity contribution in [3.63, 3.8) is 0 Å². The molecule has 1 N–H and O–H groups in total. The van der Waals surface area contributed by atoms with Gasteiger partial charge in [0, 0.05) is 37.0 Å². The third-order valence-corrected chi connectivity index (χ3v) is 4.48. The Morgan fingerprint density at radius 2 is 2.00 bits per heavy atom. The molecule has 0 aliphatic carbocycles. The van der Waals surface area contributed by atoms with Crippen molar-refractivity contribution < 1.29 is 9.90 Å². The van der Waals surface area contributed by atoms with E-state index in [-0.39, 0.29) is 5.91 Å². The molecular weight excluding hydrogens is 300 g/mol. The fourth-order valence-electron chi connectivity index (χ4n) is 2.99. The number of aromatic nitrogens is 1. The summed E-state index contributed by atoms with van der Waals surface area (Å²) in [6.07, 6.45) is 4.13. The Morgan fingerprint density at radius 3 is 2.71 bits per heavy atom. The Morgan fingerprint density at radius 1 is 1.25 bits per heavy atom. The molecule has 0 saturated heterocycles. The zero-order chi connectivity index (χ0) is 17.2. The number of benzene rings is 1. The zero-order valence-electron chi connectivity index (χ0n) is 14.3. The first-order chi connectivity index (χ1) is 11.4. The van der Waals surface area contributed by atoms with Crippen LogP contribution in [0.5, 0.6) is 0 Å². The predicted octanol–water partition coefficient (Wildman–Crippen LogP) is 2.98. The molecule has 0 radical (unpaired) electrons. The molecule has 0 bridgehead atoms. The van der Waals surface area contributed by atoms with Gasteiger partial charge in [-0.15, -0.1) is 0 Å². The van der Waals surface area contributed by atoms with Gasteiger partial charge in [0.25, 0.3) is 5.91 Å². The molecular formula is C20H24N2O2. The van der Waals surface area contributed by atoms with Crippen molar-refractivity contribution in [2.75, 3.05) is 6.54 Å². The van der Waals surface area contributed by atoms with Crippen molar-refractivity contribution in [2.24, 2.45) is 0 Å². The number of nitrogens with zero attached hydrogens (tertiary/aromatic N) is 2. The van der Waals surface area contributed by atoms with E-state index in [9.17, 15) is 9.90 Å². The lowest BCUT2D eigenvalue weighted by Gasteiger charge is -2.28. The number of amides is 1. The molecule has 126 valence electrons. The number of aliphatic hydroxyl groups is 1. The number of pyridine rings is 1. The smallest absolute Gasteiger partial charge is 0.254 e. The van der Waals surface area contributed by atoms with Crippen molar-refractivity contribution in [1.29, 1.82) is 0 Å². The van der Waals surface area contributed by atoms with E-state index >= 15 is 0 Å². The van der Waals surface area contributed by atoms with E-state index in [0.717, 1.165) is 29.7 Å². The number of aryl methyl sites for hydroxylation is 1. The molecule has 1 aliphatic heterocycles. The molecule has 0 unspecified atom stereocenters. The molecule has 1 aliphatic rings. The van der Waals surface area contributed by atoms with Crippen LogP contribution in [-0.4, -0.2) is 33.0 Å². The van der Waals surface area contributed by atoms with Crippen LogP contribution in [0.15, 0.2) is 42.6 Å². The highest BCUT2D eigenvalue weighted by Gasteiger charge is 2.22. The Balaban J connectivity index is 1.65. The van der Waals surface area contributed by atoms with Gasteiger partial charge < -0.3 is 10.0 Å². The van der Waals surface area contributed by atoms with Gasteiger partial charge >= 0.3 is 0 Å². The quantitative estimate of drug-likeness (QED) is 0.940. The highest BCUT2D eigenvalue weighted by molar-refractivity contribution is 5.94. The maximum atomic E-state index is 12.7. The Bertz CT molecular complexity index is 717. The van der Waals surface area contributed by atoms with Gasteiger partial charge in [-0.1, -0.05) is 18.2 Å². The first-order valence-corrected chi connectivity index (χ1v) is 8.46. The Kier molecular flexibility index (Phi) is 4.67. The lowest BCUT2D eigenvalue weighted by molar-refractivity contribution is 0.0710. The summed E-state index contributed by atoms with van der Waals surface area (Å²) in [6, 6.07) is 11.7. The maximum absolute atomic E-state index is 12.7. The van der Waals surface area contributed by atoms with Crippen LogP contribution in [0, 0.1) is 0 Å². The summed E-state index contributed by atoms with van der Waals surface area (Å²) in [7, 11) is 0. The molecule has 24 heavy (non-hydrogen) atoms. The Hall–Kier alpha value is -2.20. The molecule has 4 heteroatoms. The number of rotatable bonds is 4. The largest absolute Gasteiger partial charge is 0.390 e. The summed E-state index contributed by atoms with van der Waals surface area (Å²) in [5, 5.41) is 9.81. The monoisotopic (exact) mass is 324 g/mol. The molecule has 0 atom stereocenters. The van der Waals surface area contributed by atoms with Crippen molar-refractivity contribution in [3.8, 4) is 0 Å². The van der Waals surface area contributed by atoms with E-state index in [0.29, 0.717) is 25.1 Å². The number of hydrogen-bond acceptors (Lipinski definition) is 3. The normalized spacial score (nSPS) is 14.4. The minimum Gasteiger partial charge on any atom is -0.390 e. The second-order valence-electron chi connectivity index (χ2n) is 7.10. The summed E-state index contributed by atoms with van der Waals surface area (Å²) in [5.41, 5.74) is 3.43. The van der Waals surface area contributed by atoms with Crippen molar-refractivity contribution in [3.05, 3.63) is 65.0 Å². The van der Waals surface area contributed by atoms with Crippen LogP contribution in [0.2, 0.25) is 0 Å². The predicted molar refractivity (Wildman–Crippen MR) is 93.7 cm³/mol. The van der Waals surface area contributed by atoms with Crippen LogP contribution >= 0.6 is 0 Å². The zero-order valence-corrected chi connectivity index (χ0v) is 14.3. The van der Waals surface area contributed by atoms with Gasteiger partial charge in [-0.05, 0) is 56.0 Å². The van der Waals surface area contributed by atoms with Gasteiger partial charge in [0.2, 0.25) is 0 Å². The minimum absolute atomic E-state index is 0.0681. The third kappa shape index (κ3) is 4.01. The van der Waals surface area contributed by atoms with E-state index in [1.165, 1.54) is 0 Å². The second kappa shape index (κ2) is 6.73. The summed E-state index contributed by atoms with van der Waals surface area (Å²) >= 11 is 0. The van der Waals surface area contributed by atoms with E-state index < -0.39 is 5.60 Å². The van der Waals surface area contributed by atoms with Gasteiger partial charge in [0.15, 0.2) is 0 Å². The lowest BCUT2D eigenvalue weighted by Crippen LogP contribution is -2.36. The van der Waals surface area contributed by atoms with Gasteiger partial charge in [0.1, 0.15) is 0 Å². The number of carbonyl (C=O) groups excluding carboxylic acids is 1. The molecule has 1 aromatic heterocycles. The summed E-state index contributed by atoms with van der Waals surface area (Å²) < 4.78 is 0. The van der Waals surface area contributed by atoms with E-state index in [1.807, 2.05) is 61.3 Å². The molecule has 1 amide bonds. The molecule has 1 aromatic carbocycles. The molecule has 0 fully saturated rings. The number of fused-ring (bicyclic) bond motifs is 1. The summed E-state index contributed by atoms with van der Waals surface area (Å²) in [4.78, 5) is 19.0. The fraction of sp³-hybridized carbons (Fsp3) is 0.400. The maximum Gasteiger partial charge on any atom is 0.254 e. The van der Waals surface area contributed by atoms with Crippen LogP contribution in [0.3, 0.4) is 0 Å². The summed E-state index contributed by atoms with van der Waals surface area (Å²) in [5.74, 6) is 0.0681. The second-order valence-corrected chi connectivity index (χ2v) is 7.10. The number of hydrogen-bond donors (Lipinski definition) is 1. The van der Waals surface area contributed by atoms with Gasteiger partial charge in [-0.3, -0.25) is 9.78 Å². The van der Waals surface area contributed by atoms with Crippen LogP contribution in [0.4, 0.5) is 0 Å².